The highest BCUT2D eigenvalue weighted by molar-refractivity contribution is 5.95. The first-order valence-electron chi connectivity index (χ1n) is 7.51. The summed E-state index contributed by atoms with van der Waals surface area (Å²) in [6.45, 7) is 16.6. The lowest BCUT2D eigenvalue weighted by atomic mass is 10.3. The highest BCUT2D eigenvalue weighted by Crippen LogP contribution is 1.94. The molecule has 0 saturated carbocycles. The van der Waals surface area contributed by atoms with Crippen molar-refractivity contribution < 1.29 is 14.3 Å². The minimum Gasteiger partial charge on any atom is -0.373 e. The van der Waals surface area contributed by atoms with Crippen LogP contribution in [0.15, 0.2) is 61.8 Å². The molecule has 0 radical (unpaired) electrons. The van der Waals surface area contributed by atoms with Gasteiger partial charge in [-0.3, -0.25) is 10.2 Å². The molecule has 0 fully saturated rings. The number of carbonyl (C=O) groups excluding carboxylic acids is 1. The van der Waals surface area contributed by atoms with Crippen LogP contribution in [0.25, 0.3) is 0 Å². The number of nitrogens with one attached hydrogen (secondary N) is 3. The fourth-order valence-electron chi connectivity index (χ4n) is 1.36. The summed E-state index contributed by atoms with van der Waals surface area (Å²) < 4.78 is 10.7. The predicted molar refractivity (Wildman–Crippen MR) is 98.2 cm³/mol. The molecule has 0 aromatic rings. The van der Waals surface area contributed by atoms with Gasteiger partial charge in [0.15, 0.2) is 0 Å². The molecule has 3 N–H and O–H groups in total. The van der Waals surface area contributed by atoms with E-state index in [2.05, 4.69) is 36.9 Å². The van der Waals surface area contributed by atoms with Gasteiger partial charge >= 0.3 is 0 Å². The van der Waals surface area contributed by atoms with E-state index in [1.165, 1.54) is 0 Å². The molecule has 0 bridgehead atoms. The third-order valence-electron chi connectivity index (χ3n) is 2.65. The monoisotopic (exact) mass is 333 g/mol. The predicted octanol–water partition coefficient (Wildman–Crippen LogP) is 1.74. The second-order valence-electron chi connectivity index (χ2n) is 4.75. The third-order valence-corrected chi connectivity index (χ3v) is 2.65. The average Bonchev–Trinajstić information content (AvgIpc) is 2.59. The van der Waals surface area contributed by atoms with Crippen LogP contribution in [0.2, 0.25) is 0 Å². The molecule has 24 heavy (non-hydrogen) atoms. The summed E-state index contributed by atoms with van der Waals surface area (Å²) in [7, 11) is 0. The van der Waals surface area contributed by atoms with Crippen molar-refractivity contribution >= 4 is 11.7 Å². The number of ether oxygens (including phenoxy) is 2. The van der Waals surface area contributed by atoms with Crippen molar-refractivity contribution in [2.24, 2.45) is 0 Å². The number of hydrogen-bond acceptors (Lipinski definition) is 4. The Hall–Kier alpha value is -2.44. The Morgan fingerprint density at radius 2 is 1.42 bits per heavy atom. The van der Waals surface area contributed by atoms with Crippen LogP contribution in [0.5, 0.6) is 0 Å². The smallest absolute Gasteiger partial charge is 0.249 e. The molecule has 0 saturated heterocycles. The average molecular weight is 333 g/mol. The fraction of sp³-hybridized carbons (Fsp3) is 0.333. The fourth-order valence-corrected chi connectivity index (χ4v) is 1.36. The first kappa shape index (κ1) is 21.6. The Balaban J connectivity index is 3.69. The van der Waals surface area contributed by atoms with Crippen LogP contribution in [0.4, 0.5) is 0 Å². The molecule has 0 aliphatic heterocycles. The van der Waals surface area contributed by atoms with Gasteiger partial charge in [0.05, 0.1) is 26.4 Å². The Morgan fingerprint density at radius 3 is 1.96 bits per heavy atom. The van der Waals surface area contributed by atoms with Crippen molar-refractivity contribution in [3.8, 4) is 0 Å². The third kappa shape index (κ3) is 11.2. The Morgan fingerprint density at radius 1 is 0.917 bits per heavy atom. The van der Waals surface area contributed by atoms with Gasteiger partial charge < -0.3 is 20.1 Å². The number of amides is 1. The summed E-state index contributed by atoms with van der Waals surface area (Å²) in [5.41, 5.74) is 0.937. The molecule has 0 rings (SSSR count). The Kier molecular flexibility index (Phi) is 12.7. The first-order chi connectivity index (χ1) is 11.5. The molecule has 6 nitrogen and oxygen atoms in total. The maximum absolute atomic E-state index is 11.5. The molecule has 0 heterocycles. The Labute approximate surface area is 144 Å². The van der Waals surface area contributed by atoms with E-state index in [-0.39, 0.29) is 25.0 Å². The zero-order valence-corrected chi connectivity index (χ0v) is 14.1. The summed E-state index contributed by atoms with van der Waals surface area (Å²) in [6.07, 6.45) is 6.86. The van der Waals surface area contributed by atoms with Crippen molar-refractivity contribution in [2.75, 3.05) is 39.5 Å². The van der Waals surface area contributed by atoms with E-state index < -0.39 is 0 Å². The van der Waals surface area contributed by atoms with Crippen LogP contribution in [-0.2, 0) is 14.3 Å². The van der Waals surface area contributed by atoms with Gasteiger partial charge in [-0.1, -0.05) is 37.5 Å². The number of hydrogen-bond donors (Lipinski definition) is 3. The van der Waals surface area contributed by atoms with Crippen molar-refractivity contribution in [1.82, 2.24) is 10.6 Å². The minimum absolute atomic E-state index is 0.164. The highest BCUT2D eigenvalue weighted by atomic mass is 16.5. The van der Waals surface area contributed by atoms with Crippen molar-refractivity contribution in [2.45, 2.75) is 0 Å². The van der Waals surface area contributed by atoms with Gasteiger partial charge in [-0.15, -0.1) is 13.2 Å². The van der Waals surface area contributed by atoms with Gasteiger partial charge in [-0.05, 0) is 0 Å². The summed E-state index contributed by atoms with van der Waals surface area (Å²) in [6, 6.07) is 0. The lowest BCUT2D eigenvalue weighted by molar-refractivity contribution is -0.117. The number of carbonyl (C=O) groups is 1. The minimum atomic E-state index is -0.242. The molecule has 0 spiro atoms. The lowest BCUT2D eigenvalue weighted by Crippen LogP contribution is -2.26. The van der Waals surface area contributed by atoms with Crippen molar-refractivity contribution in [1.29, 1.82) is 5.41 Å². The molecule has 0 aromatic heterocycles. The topological polar surface area (TPSA) is 83.4 Å². The molecule has 0 aromatic carbocycles. The maximum atomic E-state index is 11.5. The second-order valence-corrected chi connectivity index (χ2v) is 4.75. The molecule has 0 aliphatic rings. The lowest BCUT2D eigenvalue weighted by Gasteiger charge is -2.08. The highest BCUT2D eigenvalue weighted by Gasteiger charge is 2.04. The van der Waals surface area contributed by atoms with Crippen molar-refractivity contribution in [3.63, 3.8) is 0 Å². The molecular formula is C18H27N3O3. The van der Waals surface area contributed by atoms with E-state index in [0.29, 0.717) is 37.4 Å². The van der Waals surface area contributed by atoms with Gasteiger partial charge in [-0.2, -0.15) is 0 Å². The molecule has 0 aliphatic carbocycles. The summed E-state index contributed by atoms with van der Waals surface area (Å²) in [5.74, 6) is 0.00342. The van der Waals surface area contributed by atoms with E-state index in [4.69, 9.17) is 14.9 Å². The zero-order chi connectivity index (χ0) is 18.2. The van der Waals surface area contributed by atoms with Crippen molar-refractivity contribution in [3.05, 3.63) is 61.8 Å². The van der Waals surface area contributed by atoms with E-state index in [1.54, 1.807) is 24.3 Å². The van der Waals surface area contributed by atoms with Gasteiger partial charge in [0, 0.05) is 24.2 Å². The molecule has 132 valence electrons. The Bertz CT molecular complexity index is 452. The van der Waals surface area contributed by atoms with E-state index in [0.717, 1.165) is 0 Å². The van der Waals surface area contributed by atoms with Gasteiger partial charge in [0.25, 0.3) is 0 Å². The standard InChI is InChI=1S/C18H27N3O3/c1-5-9-20-17(19)15(3)13-23-11-7-8-12-24-14-16(4)18(22)21-10-6-2/h5-8H,1-4,9-14H2,(H2,19,20)(H,21,22)/b8-7+. The van der Waals surface area contributed by atoms with Gasteiger partial charge in [-0.25, -0.2) is 0 Å². The normalized spacial score (nSPS) is 10.2. The molecular weight excluding hydrogens is 306 g/mol. The molecule has 0 unspecified atom stereocenters. The van der Waals surface area contributed by atoms with E-state index in [1.807, 2.05) is 0 Å². The molecule has 0 atom stereocenters. The summed E-state index contributed by atoms with van der Waals surface area (Å²) in [4.78, 5) is 11.5. The van der Waals surface area contributed by atoms with E-state index in [9.17, 15) is 4.79 Å². The van der Waals surface area contributed by atoms with Crippen LogP contribution in [0, 0.1) is 5.41 Å². The number of rotatable bonds is 14. The summed E-state index contributed by atoms with van der Waals surface area (Å²) >= 11 is 0. The van der Waals surface area contributed by atoms with Crippen LogP contribution < -0.4 is 10.6 Å². The van der Waals surface area contributed by atoms with Gasteiger partial charge in [0.2, 0.25) is 5.91 Å². The zero-order valence-electron chi connectivity index (χ0n) is 14.1. The van der Waals surface area contributed by atoms with Gasteiger partial charge in [0.1, 0.15) is 5.84 Å². The summed E-state index contributed by atoms with van der Waals surface area (Å²) in [5, 5.41) is 13.1. The van der Waals surface area contributed by atoms with E-state index >= 15 is 0 Å². The molecule has 6 heteroatoms. The second kappa shape index (κ2) is 14.2. The quantitative estimate of drug-likeness (QED) is 0.149. The van der Waals surface area contributed by atoms with Crippen LogP contribution in [0.3, 0.4) is 0 Å². The SMILES string of the molecule is C=CCNC(=N)C(=C)COC/C=C/COCC(=C)C(=O)NCC=C. The number of amidine groups is 1. The first-order valence-corrected chi connectivity index (χ1v) is 7.51. The largest absolute Gasteiger partial charge is 0.373 e. The maximum Gasteiger partial charge on any atom is 0.249 e. The molecule has 1 amide bonds. The van der Waals surface area contributed by atoms with Crippen LogP contribution in [-0.4, -0.2) is 51.3 Å². The van der Waals surface area contributed by atoms with Crippen LogP contribution >= 0.6 is 0 Å². The van der Waals surface area contributed by atoms with Crippen LogP contribution in [0.1, 0.15) is 0 Å².